The first kappa shape index (κ1) is 12.3. The first-order valence-electron chi connectivity index (χ1n) is 6.01. The zero-order valence-corrected chi connectivity index (χ0v) is 10.4. The number of halogens is 2. The molecule has 0 spiro atoms. The summed E-state index contributed by atoms with van der Waals surface area (Å²) in [7, 11) is 0. The van der Waals surface area contributed by atoms with Crippen molar-refractivity contribution < 1.29 is 8.78 Å². The predicted molar refractivity (Wildman–Crippen MR) is 73.3 cm³/mol. The quantitative estimate of drug-likeness (QED) is 0.776. The molecule has 3 nitrogen and oxygen atoms in total. The minimum absolute atomic E-state index is 0.329. The van der Waals surface area contributed by atoms with E-state index in [1.165, 1.54) is 28.9 Å². The Hall–Kier alpha value is -2.69. The van der Waals surface area contributed by atoms with Crippen molar-refractivity contribution in [2.24, 2.45) is 0 Å². The van der Waals surface area contributed by atoms with Gasteiger partial charge in [-0.1, -0.05) is 12.1 Å². The van der Waals surface area contributed by atoms with Crippen molar-refractivity contribution in [1.82, 2.24) is 9.78 Å². The van der Waals surface area contributed by atoms with E-state index in [9.17, 15) is 8.78 Å². The Morgan fingerprint density at radius 2 is 1.65 bits per heavy atom. The Morgan fingerprint density at radius 1 is 0.900 bits per heavy atom. The lowest BCUT2D eigenvalue weighted by molar-refractivity contribution is 0.626. The van der Waals surface area contributed by atoms with E-state index >= 15 is 0 Å². The van der Waals surface area contributed by atoms with Crippen molar-refractivity contribution in [2.45, 2.75) is 0 Å². The van der Waals surface area contributed by atoms with Crippen molar-refractivity contribution in [1.29, 1.82) is 0 Å². The normalized spacial score (nSPS) is 10.7. The number of hydrogen-bond acceptors (Lipinski definition) is 2. The van der Waals surface area contributed by atoms with Crippen LogP contribution in [-0.4, -0.2) is 9.78 Å². The highest BCUT2D eigenvalue weighted by Crippen LogP contribution is 2.23. The van der Waals surface area contributed by atoms with Gasteiger partial charge in [-0.25, -0.2) is 13.5 Å². The molecule has 0 unspecified atom stereocenters. The third kappa shape index (κ3) is 2.25. The van der Waals surface area contributed by atoms with E-state index in [4.69, 9.17) is 5.73 Å². The molecular weight excluding hydrogens is 260 g/mol. The highest BCUT2D eigenvalue weighted by atomic mass is 19.1. The van der Waals surface area contributed by atoms with Gasteiger partial charge in [0.05, 0.1) is 11.4 Å². The van der Waals surface area contributed by atoms with Gasteiger partial charge in [0.2, 0.25) is 0 Å². The van der Waals surface area contributed by atoms with Gasteiger partial charge in [-0.15, -0.1) is 0 Å². The van der Waals surface area contributed by atoms with Crippen molar-refractivity contribution in [3.63, 3.8) is 0 Å². The smallest absolute Gasteiger partial charge is 0.127 e. The minimum Gasteiger partial charge on any atom is -0.384 e. The summed E-state index contributed by atoms with van der Waals surface area (Å²) in [5, 5.41) is 4.32. The molecule has 1 aromatic heterocycles. The van der Waals surface area contributed by atoms with Crippen molar-refractivity contribution >= 4 is 5.82 Å². The van der Waals surface area contributed by atoms with Gasteiger partial charge in [0, 0.05) is 11.6 Å². The van der Waals surface area contributed by atoms with Gasteiger partial charge in [0.1, 0.15) is 17.5 Å². The standard InChI is InChI=1S/C15H11F2N3/c16-11-4-6-13(7-5-11)20-15(18)9-14(19-20)10-2-1-3-12(17)8-10/h1-9H,18H2. The Kier molecular flexibility index (Phi) is 2.95. The minimum atomic E-state index is -0.336. The zero-order valence-electron chi connectivity index (χ0n) is 10.4. The van der Waals surface area contributed by atoms with Gasteiger partial charge in [-0.2, -0.15) is 5.10 Å². The summed E-state index contributed by atoms with van der Waals surface area (Å²) in [5.41, 5.74) is 7.74. The molecule has 0 amide bonds. The van der Waals surface area contributed by atoms with Crippen LogP contribution in [0.1, 0.15) is 0 Å². The Labute approximate surface area is 114 Å². The van der Waals surface area contributed by atoms with Crippen LogP contribution in [0, 0.1) is 11.6 Å². The lowest BCUT2D eigenvalue weighted by atomic mass is 10.1. The zero-order chi connectivity index (χ0) is 14.1. The van der Waals surface area contributed by atoms with Gasteiger partial charge in [0.15, 0.2) is 0 Å². The highest BCUT2D eigenvalue weighted by molar-refractivity contribution is 5.63. The fraction of sp³-hybridized carbons (Fsp3) is 0. The van der Waals surface area contributed by atoms with E-state index in [0.29, 0.717) is 22.8 Å². The highest BCUT2D eigenvalue weighted by Gasteiger charge is 2.09. The maximum Gasteiger partial charge on any atom is 0.127 e. The largest absolute Gasteiger partial charge is 0.384 e. The van der Waals surface area contributed by atoms with E-state index in [1.807, 2.05) is 0 Å². The number of nitrogens with zero attached hydrogens (tertiary/aromatic N) is 2. The topological polar surface area (TPSA) is 43.8 Å². The van der Waals surface area contributed by atoms with Gasteiger partial charge >= 0.3 is 0 Å². The van der Waals surface area contributed by atoms with Crippen LogP contribution in [0.3, 0.4) is 0 Å². The monoisotopic (exact) mass is 271 g/mol. The van der Waals surface area contributed by atoms with Crippen LogP contribution in [0.15, 0.2) is 54.6 Å². The second-order valence-corrected chi connectivity index (χ2v) is 4.35. The van der Waals surface area contributed by atoms with Crippen LogP contribution >= 0.6 is 0 Å². The van der Waals surface area contributed by atoms with Crippen LogP contribution < -0.4 is 5.73 Å². The SMILES string of the molecule is Nc1cc(-c2cccc(F)c2)nn1-c1ccc(F)cc1. The summed E-state index contributed by atoms with van der Waals surface area (Å²) in [4.78, 5) is 0. The summed E-state index contributed by atoms with van der Waals surface area (Å²) in [5.74, 6) is -0.266. The number of hydrogen-bond donors (Lipinski definition) is 1. The third-order valence-electron chi connectivity index (χ3n) is 2.93. The molecule has 0 aliphatic carbocycles. The van der Waals surface area contributed by atoms with E-state index in [-0.39, 0.29) is 11.6 Å². The molecule has 2 N–H and O–H groups in total. The summed E-state index contributed by atoms with van der Waals surface area (Å²) in [6.07, 6.45) is 0. The molecule has 0 atom stereocenters. The van der Waals surface area contributed by atoms with E-state index < -0.39 is 0 Å². The lowest BCUT2D eigenvalue weighted by Crippen LogP contribution is -2.01. The predicted octanol–water partition coefficient (Wildman–Crippen LogP) is 3.40. The summed E-state index contributed by atoms with van der Waals surface area (Å²) < 4.78 is 27.6. The molecule has 0 bridgehead atoms. The van der Waals surface area contributed by atoms with Gasteiger partial charge in [-0.05, 0) is 36.4 Å². The van der Waals surface area contributed by atoms with E-state index in [1.54, 1.807) is 30.3 Å². The Balaban J connectivity index is 2.05. The molecule has 20 heavy (non-hydrogen) atoms. The van der Waals surface area contributed by atoms with Gasteiger partial charge in [-0.3, -0.25) is 0 Å². The molecule has 5 heteroatoms. The fourth-order valence-electron chi connectivity index (χ4n) is 1.97. The second kappa shape index (κ2) is 4.77. The second-order valence-electron chi connectivity index (χ2n) is 4.35. The maximum absolute atomic E-state index is 13.2. The molecule has 100 valence electrons. The molecule has 3 rings (SSSR count). The lowest BCUT2D eigenvalue weighted by Gasteiger charge is -2.03. The summed E-state index contributed by atoms with van der Waals surface area (Å²) >= 11 is 0. The van der Waals surface area contributed by atoms with E-state index in [2.05, 4.69) is 5.10 Å². The van der Waals surface area contributed by atoms with Crippen molar-refractivity contribution in [3.8, 4) is 16.9 Å². The van der Waals surface area contributed by atoms with E-state index in [0.717, 1.165) is 0 Å². The van der Waals surface area contributed by atoms with Crippen LogP contribution in [0.2, 0.25) is 0 Å². The first-order valence-corrected chi connectivity index (χ1v) is 6.01. The summed E-state index contributed by atoms with van der Waals surface area (Å²) in [6.45, 7) is 0. The molecule has 0 aliphatic rings. The van der Waals surface area contributed by atoms with Crippen LogP contribution in [0.5, 0.6) is 0 Å². The number of benzene rings is 2. The average molecular weight is 271 g/mol. The molecular formula is C15H11F2N3. The number of nitrogen functional groups attached to an aromatic ring is 1. The average Bonchev–Trinajstić information content (AvgIpc) is 2.82. The van der Waals surface area contributed by atoms with Gasteiger partial charge < -0.3 is 5.73 Å². The van der Waals surface area contributed by atoms with Gasteiger partial charge in [0.25, 0.3) is 0 Å². The molecule has 2 aromatic carbocycles. The van der Waals surface area contributed by atoms with Crippen molar-refractivity contribution in [2.75, 3.05) is 5.73 Å². The number of aromatic nitrogens is 2. The van der Waals surface area contributed by atoms with Crippen LogP contribution in [0.25, 0.3) is 16.9 Å². The molecule has 0 radical (unpaired) electrons. The van der Waals surface area contributed by atoms with Crippen LogP contribution in [0.4, 0.5) is 14.6 Å². The number of rotatable bonds is 2. The molecule has 0 saturated heterocycles. The molecule has 0 saturated carbocycles. The molecule has 0 aliphatic heterocycles. The molecule has 3 aromatic rings. The molecule has 0 fully saturated rings. The van der Waals surface area contributed by atoms with Crippen LogP contribution in [-0.2, 0) is 0 Å². The number of nitrogens with two attached hydrogens (primary N) is 1. The Morgan fingerprint density at radius 3 is 2.35 bits per heavy atom. The van der Waals surface area contributed by atoms with Crippen molar-refractivity contribution in [3.05, 3.63) is 66.2 Å². The number of anilines is 1. The fourth-order valence-corrected chi connectivity index (χ4v) is 1.97. The maximum atomic E-state index is 13.2. The third-order valence-corrected chi connectivity index (χ3v) is 2.93. The summed E-state index contributed by atoms with van der Waals surface area (Å²) in [6, 6.07) is 13.6. The first-order chi connectivity index (χ1) is 9.63. The molecule has 1 heterocycles. The Bertz CT molecular complexity index is 748.